The highest BCUT2D eigenvalue weighted by Crippen LogP contribution is 2.32. The number of likely N-dealkylation sites (tertiary alicyclic amines) is 1. The molecule has 0 spiro atoms. The van der Waals surface area contributed by atoms with Gasteiger partial charge in [-0.1, -0.05) is 11.2 Å². The number of aryl methyl sites for hydroxylation is 1. The van der Waals surface area contributed by atoms with E-state index in [0.717, 1.165) is 41.9 Å². The van der Waals surface area contributed by atoms with Crippen LogP contribution in [-0.2, 0) is 16.1 Å². The zero-order chi connectivity index (χ0) is 21.8. The summed E-state index contributed by atoms with van der Waals surface area (Å²) in [4.78, 5) is 39.9. The lowest BCUT2D eigenvalue weighted by atomic mass is 10.1. The molecule has 4 heterocycles. The molecule has 31 heavy (non-hydrogen) atoms. The fraction of sp³-hybridized carbons (Fsp3) is 0.381. The van der Waals surface area contributed by atoms with Crippen LogP contribution in [0.1, 0.15) is 25.0 Å². The van der Waals surface area contributed by atoms with Gasteiger partial charge in [-0.2, -0.15) is 5.10 Å². The summed E-state index contributed by atoms with van der Waals surface area (Å²) < 4.78 is 6.43. The summed E-state index contributed by atoms with van der Waals surface area (Å²) in [5, 5.41) is 12.8. The number of hydrogen-bond donors (Lipinski definition) is 1. The van der Waals surface area contributed by atoms with E-state index < -0.39 is 11.5 Å². The Kier molecular flexibility index (Phi) is 6.26. The highest BCUT2D eigenvalue weighted by atomic mass is 32.1. The molecule has 0 unspecified atom stereocenters. The van der Waals surface area contributed by atoms with Gasteiger partial charge < -0.3 is 14.7 Å². The van der Waals surface area contributed by atoms with Crippen LogP contribution in [0, 0.1) is 6.92 Å². The largest absolute Gasteiger partial charge is 0.356 e. The average molecular weight is 442 g/mol. The maximum atomic E-state index is 12.6. The van der Waals surface area contributed by atoms with Gasteiger partial charge in [-0.25, -0.2) is 4.68 Å². The van der Waals surface area contributed by atoms with Crippen molar-refractivity contribution in [2.24, 2.45) is 0 Å². The zero-order valence-corrected chi connectivity index (χ0v) is 18.0. The molecule has 162 valence electrons. The third-order valence-corrected chi connectivity index (χ3v) is 5.96. The molecule has 0 aliphatic carbocycles. The fourth-order valence-electron chi connectivity index (χ4n) is 3.50. The molecule has 0 saturated carbocycles. The normalized spacial score (nSPS) is 13.9. The summed E-state index contributed by atoms with van der Waals surface area (Å²) in [6.45, 7) is 2.88. The topological polar surface area (TPSA) is 110 Å². The number of hydrogen-bond acceptors (Lipinski definition) is 7. The number of nitrogens with one attached hydrogen (secondary N) is 1. The molecule has 1 saturated heterocycles. The van der Waals surface area contributed by atoms with E-state index in [2.05, 4.69) is 15.6 Å². The lowest BCUT2D eigenvalue weighted by molar-refractivity contribution is -0.133. The van der Waals surface area contributed by atoms with Crippen molar-refractivity contribution in [3.05, 3.63) is 45.7 Å². The SMILES string of the molecule is Cc1cc(-c2cc(=O)n(CC(=O)NCC(=O)N3CCCCC3)nc2-c2cccs2)on1. The fourth-order valence-corrected chi connectivity index (χ4v) is 4.22. The Morgan fingerprint density at radius 1 is 1.23 bits per heavy atom. The van der Waals surface area contributed by atoms with E-state index in [1.165, 1.54) is 17.4 Å². The summed E-state index contributed by atoms with van der Waals surface area (Å²) in [5.41, 5.74) is 1.30. The van der Waals surface area contributed by atoms with Gasteiger partial charge in [0.2, 0.25) is 11.8 Å². The molecule has 3 aromatic heterocycles. The molecule has 4 rings (SSSR count). The van der Waals surface area contributed by atoms with Gasteiger partial charge in [0.25, 0.3) is 5.56 Å². The number of aromatic nitrogens is 3. The Balaban J connectivity index is 1.52. The Labute approximate surface area is 182 Å². The standard InChI is InChI=1S/C21H23N5O4S/c1-14-10-16(30-24-14)15-11-19(28)26(23-21(15)17-6-5-9-31-17)13-18(27)22-12-20(29)25-7-3-2-4-8-25/h5-6,9-11H,2-4,7-8,12-13H2,1H3,(H,22,27). The third-order valence-electron chi connectivity index (χ3n) is 5.08. The van der Waals surface area contributed by atoms with Crippen LogP contribution in [0.2, 0.25) is 0 Å². The number of piperidine rings is 1. The predicted octanol–water partition coefficient (Wildman–Crippen LogP) is 2.06. The van der Waals surface area contributed by atoms with Crippen molar-refractivity contribution in [1.82, 2.24) is 25.2 Å². The molecule has 3 aromatic rings. The number of carbonyl (C=O) groups is 2. The van der Waals surface area contributed by atoms with E-state index in [4.69, 9.17) is 4.52 Å². The molecule has 2 amide bonds. The van der Waals surface area contributed by atoms with E-state index >= 15 is 0 Å². The quantitative estimate of drug-likeness (QED) is 0.627. The highest BCUT2D eigenvalue weighted by molar-refractivity contribution is 7.13. The first kappa shape index (κ1) is 21.0. The second-order valence-corrected chi connectivity index (χ2v) is 8.38. The highest BCUT2D eigenvalue weighted by Gasteiger charge is 2.20. The smallest absolute Gasteiger partial charge is 0.268 e. The molecule has 1 aliphatic rings. The molecule has 1 N–H and O–H groups in total. The molecule has 9 nitrogen and oxygen atoms in total. The number of amides is 2. The molecule has 0 bridgehead atoms. The van der Waals surface area contributed by atoms with Crippen molar-refractivity contribution in [2.45, 2.75) is 32.7 Å². The minimum Gasteiger partial charge on any atom is -0.356 e. The van der Waals surface area contributed by atoms with Crippen LogP contribution < -0.4 is 10.9 Å². The summed E-state index contributed by atoms with van der Waals surface area (Å²) in [7, 11) is 0. The van der Waals surface area contributed by atoms with Crippen LogP contribution in [0.15, 0.2) is 39.0 Å². The number of thiophene rings is 1. The monoisotopic (exact) mass is 441 g/mol. The molecule has 10 heteroatoms. The van der Waals surface area contributed by atoms with Gasteiger partial charge >= 0.3 is 0 Å². The Bertz CT molecular complexity index is 1130. The third kappa shape index (κ3) is 4.91. The van der Waals surface area contributed by atoms with Gasteiger partial charge in [0.1, 0.15) is 12.2 Å². The first-order valence-electron chi connectivity index (χ1n) is 10.2. The first-order valence-corrected chi connectivity index (χ1v) is 11.0. The van der Waals surface area contributed by atoms with E-state index in [1.54, 1.807) is 17.9 Å². The van der Waals surface area contributed by atoms with Crippen LogP contribution in [0.25, 0.3) is 21.9 Å². The van der Waals surface area contributed by atoms with Crippen molar-refractivity contribution < 1.29 is 14.1 Å². The van der Waals surface area contributed by atoms with Gasteiger partial charge in [0.15, 0.2) is 5.76 Å². The summed E-state index contributed by atoms with van der Waals surface area (Å²) in [6.07, 6.45) is 3.10. The van der Waals surface area contributed by atoms with Gasteiger partial charge in [-0.3, -0.25) is 14.4 Å². The lowest BCUT2D eigenvalue weighted by Gasteiger charge is -2.26. The van der Waals surface area contributed by atoms with Crippen molar-refractivity contribution in [3.8, 4) is 21.9 Å². The summed E-state index contributed by atoms with van der Waals surface area (Å²) in [6, 6.07) is 6.89. The summed E-state index contributed by atoms with van der Waals surface area (Å²) in [5.74, 6) is -0.113. The van der Waals surface area contributed by atoms with E-state index in [9.17, 15) is 14.4 Å². The minimum absolute atomic E-state index is 0.0825. The van der Waals surface area contributed by atoms with E-state index in [-0.39, 0.29) is 19.0 Å². The second-order valence-electron chi connectivity index (χ2n) is 7.43. The zero-order valence-electron chi connectivity index (χ0n) is 17.2. The van der Waals surface area contributed by atoms with Crippen LogP contribution in [0.3, 0.4) is 0 Å². The Morgan fingerprint density at radius 2 is 2.03 bits per heavy atom. The number of rotatable bonds is 6. The van der Waals surface area contributed by atoms with Crippen molar-refractivity contribution in [1.29, 1.82) is 0 Å². The summed E-state index contributed by atoms with van der Waals surface area (Å²) >= 11 is 1.46. The lowest BCUT2D eigenvalue weighted by Crippen LogP contribution is -2.43. The average Bonchev–Trinajstić information content (AvgIpc) is 3.46. The Hall–Kier alpha value is -3.27. The second kappa shape index (κ2) is 9.25. The van der Waals surface area contributed by atoms with Crippen LogP contribution in [0.5, 0.6) is 0 Å². The predicted molar refractivity (Wildman–Crippen MR) is 115 cm³/mol. The number of carbonyl (C=O) groups excluding carboxylic acids is 2. The molecular formula is C21H23N5O4S. The van der Waals surface area contributed by atoms with E-state index in [1.807, 2.05) is 17.5 Å². The van der Waals surface area contributed by atoms with Gasteiger partial charge in [-0.05, 0) is 37.6 Å². The minimum atomic E-state index is -0.444. The van der Waals surface area contributed by atoms with Crippen LogP contribution >= 0.6 is 11.3 Å². The molecular weight excluding hydrogens is 418 g/mol. The molecule has 0 aromatic carbocycles. The van der Waals surface area contributed by atoms with Crippen molar-refractivity contribution in [2.75, 3.05) is 19.6 Å². The Morgan fingerprint density at radius 3 is 2.71 bits per heavy atom. The van der Waals surface area contributed by atoms with Crippen molar-refractivity contribution in [3.63, 3.8) is 0 Å². The molecule has 1 aliphatic heterocycles. The van der Waals surface area contributed by atoms with Gasteiger partial charge in [0, 0.05) is 25.2 Å². The van der Waals surface area contributed by atoms with Gasteiger partial charge in [0.05, 0.1) is 22.7 Å². The van der Waals surface area contributed by atoms with Crippen LogP contribution in [-0.4, -0.2) is 51.3 Å². The van der Waals surface area contributed by atoms with Crippen molar-refractivity contribution >= 4 is 23.2 Å². The molecule has 0 radical (unpaired) electrons. The maximum Gasteiger partial charge on any atom is 0.268 e. The maximum absolute atomic E-state index is 12.6. The number of nitrogens with zero attached hydrogens (tertiary/aromatic N) is 4. The first-order chi connectivity index (χ1) is 15.0. The molecule has 0 atom stereocenters. The van der Waals surface area contributed by atoms with Gasteiger partial charge in [-0.15, -0.1) is 11.3 Å². The van der Waals surface area contributed by atoms with E-state index in [0.29, 0.717) is 22.7 Å². The molecule has 1 fully saturated rings. The van der Waals surface area contributed by atoms with Crippen LogP contribution in [0.4, 0.5) is 0 Å².